The number of halogens is 1. The number of hydrogen-bond acceptors (Lipinski definition) is 3. The van der Waals surface area contributed by atoms with Gasteiger partial charge in [0.2, 0.25) is 10.0 Å². The largest absolute Gasteiger partial charge is 0.313 e. The molecule has 1 aromatic rings. The maximum atomic E-state index is 12.3. The maximum absolute atomic E-state index is 12.3. The minimum atomic E-state index is -3.41. The van der Waals surface area contributed by atoms with Crippen LogP contribution in [0.4, 0.5) is 0 Å². The lowest BCUT2D eigenvalue weighted by Gasteiger charge is -2.30. The van der Waals surface area contributed by atoms with Crippen LogP contribution in [0, 0.1) is 6.92 Å². The lowest BCUT2D eigenvalue weighted by Crippen LogP contribution is -2.51. The molecular formula is C13H21ClN2O2S. The zero-order valence-electron chi connectivity index (χ0n) is 11.2. The molecule has 2 unspecified atom stereocenters. The van der Waals surface area contributed by atoms with E-state index >= 15 is 0 Å². The Morgan fingerprint density at radius 2 is 2.11 bits per heavy atom. The molecule has 2 atom stereocenters. The third-order valence-corrected chi connectivity index (χ3v) is 4.86. The molecule has 2 rings (SSSR count). The molecule has 1 heterocycles. The zero-order chi connectivity index (χ0) is 13.2. The highest BCUT2D eigenvalue weighted by atomic mass is 35.5. The second-order valence-electron chi connectivity index (χ2n) is 4.93. The Kier molecular flexibility index (Phi) is 5.80. The molecule has 1 aliphatic rings. The molecule has 1 aliphatic heterocycles. The van der Waals surface area contributed by atoms with Gasteiger partial charge in [-0.3, -0.25) is 0 Å². The van der Waals surface area contributed by atoms with E-state index in [1.807, 2.05) is 19.9 Å². The highest BCUT2D eigenvalue weighted by Gasteiger charge is 2.26. The Morgan fingerprint density at radius 3 is 2.74 bits per heavy atom. The molecule has 0 saturated carbocycles. The second-order valence-corrected chi connectivity index (χ2v) is 6.64. The maximum Gasteiger partial charge on any atom is 0.240 e. The Morgan fingerprint density at radius 1 is 1.37 bits per heavy atom. The smallest absolute Gasteiger partial charge is 0.240 e. The summed E-state index contributed by atoms with van der Waals surface area (Å²) < 4.78 is 27.3. The fourth-order valence-electron chi connectivity index (χ4n) is 2.25. The van der Waals surface area contributed by atoms with E-state index in [1.54, 1.807) is 18.2 Å². The van der Waals surface area contributed by atoms with Crippen molar-refractivity contribution in [3.63, 3.8) is 0 Å². The van der Waals surface area contributed by atoms with Crippen LogP contribution in [-0.2, 0) is 10.0 Å². The molecular weight excluding hydrogens is 284 g/mol. The van der Waals surface area contributed by atoms with Crippen molar-refractivity contribution < 1.29 is 8.42 Å². The van der Waals surface area contributed by atoms with Gasteiger partial charge in [-0.05, 0) is 50.9 Å². The average molecular weight is 305 g/mol. The summed E-state index contributed by atoms with van der Waals surface area (Å²) in [5.74, 6) is 0. The van der Waals surface area contributed by atoms with Crippen LogP contribution in [0.15, 0.2) is 29.2 Å². The van der Waals surface area contributed by atoms with E-state index in [-0.39, 0.29) is 24.5 Å². The van der Waals surface area contributed by atoms with Gasteiger partial charge in [0.15, 0.2) is 0 Å². The molecule has 4 nitrogen and oxygen atoms in total. The van der Waals surface area contributed by atoms with Crippen LogP contribution < -0.4 is 10.0 Å². The predicted octanol–water partition coefficient (Wildman–Crippen LogP) is 1.84. The van der Waals surface area contributed by atoms with Crippen molar-refractivity contribution in [2.24, 2.45) is 0 Å². The van der Waals surface area contributed by atoms with E-state index < -0.39 is 10.0 Å². The summed E-state index contributed by atoms with van der Waals surface area (Å²) in [6, 6.07) is 7.15. The summed E-state index contributed by atoms with van der Waals surface area (Å²) in [6.45, 7) is 4.87. The third kappa shape index (κ3) is 4.18. The van der Waals surface area contributed by atoms with Gasteiger partial charge in [0.1, 0.15) is 0 Å². The molecule has 0 amide bonds. The number of nitrogens with one attached hydrogen (secondary N) is 2. The molecule has 0 aliphatic carbocycles. The van der Waals surface area contributed by atoms with Crippen LogP contribution in [0.5, 0.6) is 0 Å². The Balaban J connectivity index is 0.00000180. The molecule has 6 heteroatoms. The molecule has 0 bridgehead atoms. The lowest BCUT2D eigenvalue weighted by atomic mass is 10.0. The van der Waals surface area contributed by atoms with E-state index in [2.05, 4.69) is 10.0 Å². The predicted molar refractivity (Wildman–Crippen MR) is 79.2 cm³/mol. The van der Waals surface area contributed by atoms with Gasteiger partial charge in [0, 0.05) is 12.1 Å². The Bertz CT molecular complexity index is 519. The van der Waals surface area contributed by atoms with Crippen molar-refractivity contribution in [2.75, 3.05) is 6.54 Å². The number of sulfonamides is 1. The topological polar surface area (TPSA) is 58.2 Å². The van der Waals surface area contributed by atoms with Gasteiger partial charge < -0.3 is 5.32 Å². The fourth-order valence-corrected chi connectivity index (χ4v) is 3.71. The van der Waals surface area contributed by atoms with Gasteiger partial charge in [-0.1, -0.05) is 12.1 Å². The SMILES string of the molecule is Cc1cccc(S(=O)(=O)NC2CCCNC2C)c1.Cl. The van der Waals surface area contributed by atoms with Crippen molar-refractivity contribution in [3.8, 4) is 0 Å². The second kappa shape index (κ2) is 6.70. The number of piperidine rings is 1. The van der Waals surface area contributed by atoms with E-state index in [1.165, 1.54) is 0 Å². The van der Waals surface area contributed by atoms with Crippen molar-refractivity contribution in [1.29, 1.82) is 0 Å². The highest BCUT2D eigenvalue weighted by molar-refractivity contribution is 7.89. The van der Waals surface area contributed by atoms with Gasteiger partial charge in [-0.2, -0.15) is 0 Å². The van der Waals surface area contributed by atoms with E-state index in [4.69, 9.17) is 0 Å². The average Bonchev–Trinajstić information content (AvgIpc) is 2.32. The van der Waals surface area contributed by atoms with Gasteiger partial charge in [0.25, 0.3) is 0 Å². The number of aryl methyl sites for hydroxylation is 1. The van der Waals surface area contributed by atoms with Crippen LogP contribution in [-0.4, -0.2) is 27.0 Å². The van der Waals surface area contributed by atoms with Crippen molar-refractivity contribution in [2.45, 2.75) is 43.7 Å². The molecule has 0 radical (unpaired) electrons. The summed E-state index contributed by atoms with van der Waals surface area (Å²) >= 11 is 0. The van der Waals surface area contributed by atoms with Crippen LogP contribution in [0.3, 0.4) is 0 Å². The van der Waals surface area contributed by atoms with Crippen LogP contribution in [0.1, 0.15) is 25.3 Å². The van der Waals surface area contributed by atoms with Crippen LogP contribution in [0.2, 0.25) is 0 Å². The van der Waals surface area contributed by atoms with Gasteiger partial charge >= 0.3 is 0 Å². The van der Waals surface area contributed by atoms with Crippen molar-refractivity contribution >= 4 is 22.4 Å². The minimum Gasteiger partial charge on any atom is -0.313 e. The summed E-state index contributed by atoms with van der Waals surface area (Å²) in [4.78, 5) is 0.347. The summed E-state index contributed by atoms with van der Waals surface area (Å²) in [5.41, 5.74) is 0.952. The first kappa shape index (κ1) is 16.4. The van der Waals surface area contributed by atoms with Crippen LogP contribution >= 0.6 is 12.4 Å². The standard InChI is InChI=1S/C13H20N2O2S.ClH/c1-10-5-3-6-12(9-10)18(16,17)15-13-7-4-8-14-11(13)2;/h3,5-6,9,11,13-15H,4,7-8H2,1-2H3;1H. The minimum absolute atomic E-state index is 0. The molecule has 0 aromatic heterocycles. The van der Waals surface area contributed by atoms with E-state index in [9.17, 15) is 8.42 Å². The summed E-state index contributed by atoms with van der Waals surface area (Å²) in [6.07, 6.45) is 1.89. The monoisotopic (exact) mass is 304 g/mol. The summed E-state index contributed by atoms with van der Waals surface area (Å²) in [5, 5.41) is 3.29. The van der Waals surface area contributed by atoms with Gasteiger partial charge in [-0.15, -0.1) is 12.4 Å². The molecule has 0 spiro atoms. The molecule has 1 aromatic carbocycles. The molecule has 108 valence electrons. The zero-order valence-corrected chi connectivity index (χ0v) is 12.9. The molecule has 19 heavy (non-hydrogen) atoms. The Labute approximate surface area is 121 Å². The molecule has 1 fully saturated rings. The molecule has 1 saturated heterocycles. The lowest BCUT2D eigenvalue weighted by molar-refractivity contribution is 0.349. The normalized spacial score (nSPS) is 23.7. The van der Waals surface area contributed by atoms with Crippen molar-refractivity contribution in [1.82, 2.24) is 10.0 Å². The number of benzene rings is 1. The number of rotatable bonds is 3. The van der Waals surface area contributed by atoms with Gasteiger partial charge in [-0.25, -0.2) is 13.1 Å². The Hall–Kier alpha value is -0.620. The fraction of sp³-hybridized carbons (Fsp3) is 0.538. The first-order valence-corrected chi connectivity index (χ1v) is 7.80. The number of hydrogen-bond donors (Lipinski definition) is 2. The third-order valence-electron chi connectivity index (χ3n) is 3.37. The first-order valence-electron chi connectivity index (χ1n) is 6.31. The van der Waals surface area contributed by atoms with Gasteiger partial charge in [0.05, 0.1) is 4.90 Å². The van der Waals surface area contributed by atoms with Crippen LogP contribution in [0.25, 0.3) is 0 Å². The van der Waals surface area contributed by atoms with Crippen molar-refractivity contribution in [3.05, 3.63) is 29.8 Å². The van der Waals surface area contributed by atoms with E-state index in [0.29, 0.717) is 4.90 Å². The molecule has 2 N–H and O–H groups in total. The van der Waals surface area contributed by atoms with E-state index in [0.717, 1.165) is 24.9 Å². The summed E-state index contributed by atoms with van der Waals surface area (Å²) in [7, 11) is -3.41. The first-order chi connectivity index (χ1) is 8.49. The highest BCUT2D eigenvalue weighted by Crippen LogP contribution is 2.15. The quantitative estimate of drug-likeness (QED) is 0.896.